The average Bonchev–Trinajstić information content (AvgIpc) is 3.21. The van der Waals surface area contributed by atoms with Gasteiger partial charge < -0.3 is 14.5 Å². The third-order valence-electron chi connectivity index (χ3n) is 6.62. The Hall–Kier alpha value is -1.56. The zero-order valence-corrected chi connectivity index (χ0v) is 15.5. The second-order valence-corrected chi connectivity index (χ2v) is 8.12. The van der Waals surface area contributed by atoms with Crippen molar-refractivity contribution in [2.45, 2.75) is 51.0 Å². The molecule has 0 atom stereocenters. The molecule has 1 spiro atoms. The highest BCUT2D eigenvalue weighted by atomic mass is 16.6. The Labute approximate surface area is 150 Å². The van der Waals surface area contributed by atoms with Gasteiger partial charge in [0.25, 0.3) is 0 Å². The first kappa shape index (κ1) is 16.9. The lowest BCUT2D eigenvalue weighted by Crippen LogP contribution is -2.54. The minimum atomic E-state index is -0.125. The Kier molecular flexibility index (Phi) is 4.48. The number of ether oxygens (including phenoxy) is 1. The number of likely N-dealkylation sites (tertiary alicyclic amines) is 2. The van der Waals surface area contributed by atoms with Crippen LogP contribution in [0.1, 0.15) is 50.6 Å². The summed E-state index contributed by atoms with van der Waals surface area (Å²) in [6.07, 6.45) is 7.90. The number of nitrogens with zero attached hydrogens (tertiary/aromatic N) is 4. The molecule has 0 aromatic carbocycles. The van der Waals surface area contributed by atoms with E-state index in [1.54, 1.807) is 0 Å². The molecule has 6 heteroatoms. The summed E-state index contributed by atoms with van der Waals surface area (Å²) in [7, 11) is 2.05. The van der Waals surface area contributed by atoms with Crippen LogP contribution in [0.15, 0.2) is 12.3 Å². The summed E-state index contributed by atoms with van der Waals surface area (Å²) in [5, 5.41) is 4.32. The van der Waals surface area contributed by atoms with E-state index in [0.29, 0.717) is 17.9 Å². The van der Waals surface area contributed by atoms with Crippen molar-refractivity contribution >= 4 is 6.09 Å². The minimum Gasteiger partial charge on any atom is -0.450 e. The largest absolute Gasteiger partial charge is 0.450 e. The van der Waals surface area contributed by atoms with E-state index in [9.17, 15) is 4.79 Å². The number of aromatic nitrogens is 2. The quantitative estimate of drug-likeness (QED) is 0.844. The van der Waals surface area contributed by atoms with Crippen molar-refractivity contribution in [1.82, 2.24) is 19.6 Å². The summed E-state index contributed by atoms with van der Waals surface area (Å²) in [4.78, 5) is 16.5. The molecule has 3 heterocycles. The van der Waals surface area contributed by atoms with Gasteiger partial charge in [-0.25, -0.2) is 4.79 Å². The molecular weight excluding hydrogens is 316 g/mol. The highest BCUT2D eigenvalue weighted by Crippen LogP contribution is 2.51. The Bertz CT molecular complexity index is 615. The van der Waals surface area contributed by atoms with Gasteiger partial charge in [0.2, 0.25) is 0 Å². The van der Waals surface area contributed by atoms with Gasteiger partial charge in [-0.15, -0.1) is 0 Å². The van der Waals surface area contributed by atoms with Crippen molar-refractivity contribution in [2.24, 2.45) is 12.5 Å². The monoisotopic (exact) mass is 346 g/mol. The third-order valence-corrected chi connectivity index (χ3v) is 6.62. The Morgan fingerprint density at radius 3 is 2.72 bits per heavy atom. The Morgan fingerprint density at radius 2 is 2.08 bits per heavy atom. The number of carbonyl (C=O) groups excluding carboxylic acids is 1. The van der Waals surface area contributed by atoms with E-state index in [2.05, 4.69) is 16.1 Å². The van der Waals surface area contributed by atoms with Gasteiger partial charge in [-0.05, 0) is 63.6 Å². The molecule has 0 unspecified atom stereocenters. The lowest BCUT2D eigenvalue weighted by molar-refractivity contribution is -0.00503. The van der Waals surface area contributed by atoms with Crippen molar-refractivity contribution in [1.29, 1.82) is 0 Å². The molecule has 0 N–H and O–H groups in total. The van der Waals surface area contributed by atoms with Crippen LogP contribution in [-0.2, 0) is 11.8 Å². The van der Waals surface area contributed by atoms with Crippen LogP contribution in [0.25, 0.3) is 0 Å². The average molecular weight is 346 g/mol. The van der Waals surface area contributed by atoms with Crippen LogP contribution in [0, 0.1) is 5.41 Å². The van der Waals surface area contributed by atoms with Crippen LogP contribution in [-0.4, -0.2) is 64.5 Å². The van der Waals surface area contributed by atoms with Crippen LogP contribution in [0.2, 0.25) is 0 Å². The highest BCUT2D eigenvalue weighted by molar-refractivity contribution is 5.68. The molecule has 2 saturated heterocycles. The second-order valence-electron chi connectivity index (χ2n) is 8.12. The fourth-order valence-corrected chi connectivity index (χ4v) is 5.18. The van der Waals surface area contributed by atoms with Gasteiger partial charge >= 0.3 is 6.09 Å². The topological polar surface area (TPSA) is 50.6 Å². The standard InChI is InChI=1S/C19H30N4O2/c1-3-25-18(24)23-11-7-19(14-23)12-16(13-19)22-9-5-15(6-10-22)17-4-8-20-21(17)2/h4,8,15-16H,3,5-7,9-14H2,1-2H3. The molecule has 6 nitrogen and oxygen atoms in total. The third kappa shape index (κ3) is 3.16. The summed E-state index contributed by atoms with van der Waals surface area (Å²) in [5.74, 6) is 0.656. The molecule has 3 fully saturated rings. The molecule has 1 aromatic heterocycles. The molecule has 25 heavy (non-hydrogen) atoms. The summed E-state index contributed by atoms with van der Waals surface area (Å²) in [5.41, 5.74) is 1.75. The maximum atomic E-state index is 11.9. The summed E-state index contributed by atoms with van der Waals surface area (Å²) in [6, 6.07) is 2.89. The molecular formula is C19H30N4O2. The van der Waals surface area contributed by atoms with Crippen LogP contribution in [0.4, 0.5) is 4.79 Å². The fraction of sp³-hybridized carbons (Fsp3) is 0.789. The second kappa shape index (κ2) is 6.63. The van der Waals surface area contributed by atoms with E-state index in [0.717, 1.165) is 25.6 Å². The van der Waals surface area contributed by atoms with Gasteiger partial charge in [-0.1, -0.05) is 0 Å². The number of aryl methyl sites for hydroxylation is 1. The number of rotatable bonds is 3. The number of amides is 1. The van der Waals surface area contributed by atoms with Crippen LogP contribution in [0.5, 0.6) is 0 Å². The highest BCUT2D eigenvalue weighted by Gasteiger charge is 2.51. The molecule has 1 aromatic rings. The van der Waals surface area contributed by atoms with Crippen molar-refractivity contribution in [3.63, 3.8) is 0 Å². The van der Waals surface area contributed by atoms with Crippen molar-refractivity contribution < 1.29 is 9.53 Å². The first-order chi connectivity index (χ1) is 12.1. The van der Waals surface area contributed by atoms with Gasteiger partial charge in [0.15, 0.2) is 0 Å². The molecule has 1 aliphatic carbocycles. The van der Waals surface area contributed by atoms with E-state index in [1.807, 2.05) is 29.7 Å². The predicted octanol–water partition coefficient (Wildman–Crippen LogP) is 2.61. The molecule has 4 rings (SSSR count). The van der Waals surface area contributed by atoms with Crippen molar-refractivity contribution in [3.8, 4) is 0 Å². The molecule has 1 amide bonds. The van der Waals surface area contributed by atoms with Gasteiger partial charge in [-0.2, -0.15) is 5.10 Å². The first-order valence-electron chi connectivity index (χ1n) is 9.74. The number of carbonyl (C=O) groups is 1. The van der Waals surface area contributed by atoms with Crippen molar-refractivity contribution in [2.75, 3.05) is 32.8 Å². The maximum Gasteiger partial charge on any atom is 0.409 e. The number of piperidine rings is 1. The molecule has 138 valence electrons. The van der Waals surface area contributed by atoms with E-state index >= 15 is 0 Å². The zero-order valence-electron chi connectivity index (χ0n) is 15.5. The summed E-state index contributed by atoms with van der Waals surface area (Å²) >= 11 is 0. The maximum absolute atomic E-state index is 11.9. The van der Waals surface area contributed by atoms with Crippen LogP contribution in [0.3, 0.4) is 0 Å². The van der Waals surface area contributed by atoms with Gasteiger partial charge in [-0.3, -0.25) is 4.68 Å². The molecule has 0 bridgehead atoms. The van der Waals surface area contributed by atoms with E-state index in [4.69, 9.17) is 4.74 Å². The molecule has 1 saturated carbocycles. The smallest absolute Gasteiger partial charge is 0.409 e. The predicted molar refractivity (Wildman–Crippen MR) is 95.4 cm³/mol. The number of hydrogen-bond acceptors (Lipinski definition) is 4. The van der Waals surface area contributed by atoms with Crippen molar-refractivity contribution in [3.05, 3.63) is 18.0 Å². The summed E-state index contributed by atoms with van der Waals surface area (Å²) in [6.45, 7) is 6.49. The molecule has 3 aliphatic rings. The van der Waals surface area contributed by atoms with E-state index in [-0.39, 0.29) is 6.09 Å². The lowest BCUT2D eigenvalue weighted by atomic mass is 9.64. The van der Waals surface area contributed by atoms with Gasteiger partial charge in [0, 0.05) is 44.0 Å². The fourth-order valence-electron chi connectivity index (χ4n) is 5.18. The van der Waals surface area contributed by atoms with E-state index in [1.165, 1.54) is 44.5 Å². The lowest BCUT2D eigenvalue weighted by Gasteiger charge is -2.51. The Morgan fingerprint density at radius 1 is 1.32 bits per heavy atom. The van der Waals surface area contributed by atoms with Crippen LogP contribution < -0.4 is 0 Å². The zero-order chi connectivity index (χ0) is 17.4. The minimum absolute atomic E-state index is 0.125. The van der Waals surface area contributed by atoms with Crippen LogP contribution >= 0.6 is 0 Å². The van der Waals surface area contributed by atoms with E-state index < -0.39 is 0 Å². The first-order valence-corrected chi connectivity index (χ1v) is 9.74. The summed E-state index contributed by atoms with van der Waals surface area (Å²) < 4.78 is 7.19. The Balaban J connectivity index is 1.25. The normalized spacial score (nSPS) is 30.6. The van der Waals surface area contributed by atoms with Gasteiger partial charge in [0.1, 0.15) is 0 Å². The van der Waals surface area contributed by atoms with Gasteiger partial charge in [0.05, 0.1) is 6.61 Å². The molecule has 2 aliphatic heterocycles. The molecule has 0 radical (unpaired) electrons. The number of hydrogen-bond donors (Lipinski definition) is 0. The SMILES string of the molecule is CCOC(=O)N1CCC2(CC(N3CCC(c4ccnn4C)CC3)C2)C1.